The van der Waals surface area contributed by atoms with Crippen molar-refractivity contribution < 1.29 is 19.7 Å². The molecule has 6 rings (SSSR count). The van der Waals surface area contributed by atoms with Gasteiger partial charge in [-0.05, 0) is 72.2 Å². The number of hydrogen-bond acceptors (Lipinski definition) is 4. The number of unbranched alkanes of at least 4 members (excludes halogenated alkanes) is 1. The zero-order chi connectivity index (χ0) is 37.0. The van der Waals surface area contributed by atoms with Crippen LogP contribution in [-0.2, 0) is 12.8 Å². The Labute approximate surface area is 315 Å². The first-order chi connectivity index (χ1) is 26.0. The Kier molecular flexibility index (Phi) is 12.7. The highest BCUT2D eigenvalue weighted by Crippen LogP contribution is 2.44. The molecule has 270 valence electrons. The zero-order valence-corrected chi connectivity index (χ0v) is 30.9. The van der Waals surface area contributed by atoms with Crippen LogP contribution in [-0.4, -0.2) is 23.4 Å². The fraction of sp³-hybridized carbons (Fsp3) is 0.224. The summed E-state index contributed by atoms with van der Waals surface area (Å²) in [5, 5.41) is 23.2. The van der Waals surface area contributed by atoms with E-state index in [9.17, 15) is 10.2 Å². The first-order valence-corrected chi connectivity index (χ1v) is 18.9. The molecule has 0 spiro atoms. The van der Waals surface area contributed by atoms with E-state index in [0.717, 1.165) is 76.6 Å². The second-order valence-electron chi connectivity index (χ2n) is 13.7. The number of ether oxygens (including phenoxy) is 2. The molecular weight excluding hydrogens is 653 g/mol. The van der Waals surface area contributed by atoms with Crippen molar-refractivity contribution in [2.45, 2.75) is 52.4 Å². The Bertz CT molecular complexity index is 2100. The minimum atomic E-state index is -0.00298. The molecule has 1 unspecified atom stereocenters. The number of allylic oxidation sites excluding steroid dienone is 1. The zero-order valence-electron chi connectivity index (χ0n) is 30.9. The molecule has 0 aliphatic heterocycles. The van der Waals surface area contributed by atoms with E-state index < -0.39 is 0 Å². The van der Waals surface area contributed by atoms with E-state index in [1.807, 2.05) is 115 Å². The van der Waals surface area contributed by atoms with Gasteiger partial charge < -0.3 is 19.7 Å². The largest absolute Gasteiger partial charge is 0.507 e. The number of phenolic OH excluding ortho intramolecular Hbond substituents is 2. The summed E-state index contributed by atoms with van der Waals surface area (Å²) in [5.41, 5.74) is 9.10. The van der Waals surface area contributed by atoms with Crippen molar-refractivity contribution in [1.29, 1.82) is 0 Å². The van der Waals surface area contributed by atoms with Crippen LogP contribution in [0.4, 0.5) is 0 Å². The molecule has 0 amide bonds. The molecular formula is C49H50O4. The maximum Gasteiger partial charge on any atom is 0.131 e. The van der Waals surface area contributed by atoms with E-state index in [4.69, 9.17) is 9.47 Å². The van der Waals surface area contributed by atoms with E-state index in [2.05, 4.69) is 44.7 Å². The van der Waals surface area contributed by atoms with Crippen LogP contribution in [0.15, 0.2) is 146 Å². The van der Waals surface area contributed by atoms with Crippen LogP contribution >= 0.6 is 0 Å². The van der Waals surface area contributed by atoms with E-state index >= 15 is 0 Å². The maximum atomic E-state index is 11.6. The molecule has 4 nitrogen and oxygen atoms in total. The van der Waals surface area contributed by atoms with Gasteiger partial charge >= 0.3 is 0 Å². The van der Waals surface area contributed by atoms with Gasteiger partial charge in [0.1, 0.15) is 23.0 Å². The number of aromatic hydroxyl groups is 2. The normalized spacial score (nSPS) is 11.6. The minimum absolute atomic E-state index is 0.00298. The van der Waals surface area contributed by atoms with Gasteiger partial charge in [-0.2, -0.15) is 0 Å². The average Bonchev–Trinajstić information content (AvgIpc) is 3.19. The van der Waals surface area contributed by atoms with Gasteiger partial charge in [0.25, 0.3) is 0 Å². The van der Waals surface area contributed by atoms with Crippen LogP contribution in [0.1, 0.15) is 50.7 Å². The number of hydrogen-bond donors (Lipinski definition) is 2. The third-order valence-corrected chi connectivity index (χ3v) is 9.72. The molecule has 6 aromatic carbocycles. The molecule has 53 heavy (non-hydrogen) atoms. The van der Waals surface area contributed by atoms with E-state index in [0.29, 0.717) is 31.1 Å². The van der Waals surface area contributed by atoms with E-state index in [1.165, 1.54) is 11.1 Å². The van der Waals surface area contributed by atoms with Crippen LogP contribution in [0.5, 0.6) is 23.0 Å². The standard InChI is InChI=1S/C49H50O4/c1-4-7-18-36-28-30-47(45(32-36)43-26-15-24-41(49(43)51)39-21-12-9-13-22-39)53-34-37(17-6-3)33-52-46-29-27-35(16-5-2)31-44(46)42-25-14-23-40(48(42)50)38-19-10-8-11-20-38/h6,8-15,19-32,37,50-51H,3-5,7,16-18,33-34H2,1-2H3. The van der Waals surface area contributed by atoms with Crippen molar-refractivity contribution in [2.24, 2.45) is 5.92 Å². The van der Waals surface area contributed by atoms with Crippen LogP contribution in [0, 0.1) is 5.92 Å². The second kappa shape index (κ2) is 18.1. The van der Waals surface area contributed by atoms with Crippen molar-refractivity contribution in [2.75, 3.05) is 13.2 Å². The van der Waals surface area contributed by atoms with Crippen molar-refractivity contribution >= 4 is 0 Å². The highest BCUT2D eigenvalue weighted by Gasteiger charge is 2.20. The van der Waals surface area contributed by atoms with Gasteiger partial charge in [0.05, 0.1) is 13.2 Å². The van der Waals surface area contributed by atoms with Gasteiger partial charge in [0, 0.05) is 39.3 Å². The molecule has 0 aliphatic carbocycles. The fourth-order valence-electron chi connectivity index (χ4n) is 6.87. The summed E-state index contributed by atoms with van der Waals surface area (Å²) in [5.74, 6) is 1.89. The molecule has 0 bridgehead atoms. The number of benzene rings is 6. The lowest BCUT2D eigenvalue weighted by atomic mass is 9.94. The molecule has 0 radical (unpaired) electrons. The second-order valence-corrected chi connectivity index (χ2v) is 13.7. The highest BCUT2D eigenvalue weighted by atomic mass is 16.5. The Morgan fingerprint density at radius 1 is 0.528 bits per heavy atom. The third kappa shape index (κ3) is 9.02. The number of para-hydroxylation sites is 2. The summed E-state index contributed by atoms with van der Waals surface area (Å²) in [6, 6.07) is 44.3. The van der Waals surface area contributed by atoms with Crippen LogP contribution in [0.3, 0.4) is 0 Å². The highest BCUT2D eigenvalue weighted by molar-refractivity contribution is 5.86. The summed E-state index contributed by atoms with van der Waals surface area (Å²) in [6.07, 6.45) is 7.70. The smallest absolute Gasteiger partial charge is 0.131 e. The van der Waals surface area contributed by atoms with Gasteiger partial charge in [0.15, 0.2) is 0 Å². The molecule has 0 saturated carbocycles. The Hall–Kier alpha value is -5.74. The maximum absolute atomic E-state index is 11.6. The Balaban J connectivity index is 1.27. The van der Waals surface area contributed by atoms with Gasteiger partial charge in [-0.1, -0.05) is 142 Å². The average molecular weight is 703 g/mol. The van der Waals surface area contributed by atoms with Crippen molar-refractivity contribution in [1.82, 2.24) is 0 Å². The van der Waals surface area contributed by atoms with Crippen LogP contribution < -0.4 is 9.47 Å². The SMILES string of the molecule is C=CCC(COc1ccc(CCC)cc1-c1cccc(-c2ccccc2)c1O)COc1ccc(CCCC)cc1-c1cccc(-c2ccccc2)c1O. The lowest BCUT2D eigenvalue weighted by Gasteiger charge is -2.21. The number of phenols is 2. The third-order valence-electron chi connectivity index (χ3n) is 9.72. The Morgan fingerprint density at radius 3 is 1.45 bits per heavy atom. The first-order valence-electron chi connectivity index (χ1n) is 18.9. The van der Waals surface area contributed by atoms with E-state index in [1.54, 1.807) is 0 Å². The van der Waals surface area contributed by atoms with Gasteiger partial charge in [0.2, 0.25) is 0 Å². The molecule has 0 heterocycles. The predicted molar refractivity (Wildman–Crippen MR) is 220 cm³/mol. The molecule has 0 aliphatic rings. The molecule has 0 saturated heterocycles. The van der Waals surface area contributed by atoms with E-state index in [-0.39, 0.29) is 17.4 Å². The predicted octanol–water partition coefficient (Wildman–Crippen LogP) is 12.7. The monoisotopic (exact) mass is 702 g/mol. The summed E-state index contributed by atoms with van der Waals surface area (Å²) >= 11 is 0. The summed E-state index contributed by atoms with van der Waals surface area (Å²) < 4.78 is 13.2. The fourth-order valence-corrected chi connectivity index (χ4v) is 6.87. The molecule has 0 aromatic heterocycles. The lowest BCUT2D eigenvalue weighted by molar-refractivity contribution is 0.179. The van der Waals surface area contributed by atoms with Gasteiger partial charge in [-0.15, -0.1) is 6.58 Å². The van der Waals surface area contributed by atoms with Crippen LogP contribution in [0.25, 0.3) is 44.5 Å². The topological polar surface area (TPSA) is 58.9 Å². The quantitative estimate of drug-likeness (QED) is 0.0929. The van der Waals surface area contributed by atoms with Crippen molar-refractivity contribution in [3.63, 3.8) is 0 Å². The summed E-state index contributed by atoms with van der Waals surface area (Å²) in [7, 11) is 0. The molecule has 1 atom stereocenters. The lowest BCUT2D eigenvalue weighted by Crippen LogP contribution is -2.20. The first kappa shape index (κ1) is 37.0. The van der Waals surface area contributed by atoms with Crippen molar-refractivity contribution in [3.05, 3.63) is 157 Å². The summed E-state index contributed by atoms with van der Waals surface area (Å²) in [4.78, 5) is 0. The minimum Gasteiger partial charge on any atom is -0.507 e. The van der Waals surface area contributed by atoms with Gasteiger partial charge in [-0.25, -0.2) is 0 Å². The number of aryl methyl sites for hydroxylation is 2. The van der Waals surface area contributed by atoms with Crippen molar-refractivity contribution in [3.8, 4) is 67.5 Å². The summed E-state index contributed by atoms with van der Waals surface area (Å²) in [6.45, 7) is 9.19. The molecule has 4 heteroatoms. The Morgan fingerprint density at radius 2 is 1.00 bits per heavy atom. The van der Waals surface area contributed by atoms with Gasteiger partial charge in [-0.3, -0.25) is 0 Å². The molecule has 2 N–H and O–H groups in total. The number of rotatable bonds is 17. The molecule has 0 fully saturated rings. The molecule has 6 aromatic rings. The van der Waals surface area contributed by atoms with Crippen LogP contribution in [0.2, 0.25) is 0 Å².